The first-order valence-corrected chi connectivity index (χ1v) is 8.53. The number of benzene rings is 2. The predicted octanol–water partition coefficient (Wildman–Crippen LogP) is 2.51. The van der Waals surface area contributed by atoms with Gasteiger partial charge >= 0.3 is 0 Å². The molecule has 0 saturated carbocycles. The summed E-state index contributed by atoms with van der Waals surface area (Å²) in [6, 6.07) is 14.7. The minimum Gasteiger partial charge on any atom is -0.368 e. The molecule has 0 unspecified atom stereocenters. The van der Waals surface area contributed by atoms with E-state index in [0.29, 0.717) is 24.2 Å². The highest BCUT2D eigenvalue weighted by Gasteiger charge is 2.22. The minimum absolute atomic E-state index is 0.0556. The molecule has 1 aliphatic heterocycles. The molecule has 1 saturated heterocycles. The summed E-state index contributed by atoms with van der Waals surface area (Å²) in [7, 11) is 0. The molecule has 2 aromatic carbocycles. The van der Waals surface area contributed by atoms with Crippen LogP contribution in [0, 0.1) is 0 Å². The molecule has 24 heavy (non-hydrogen) atoms. The highest BCUT2D eigenvalue weighted by molar-refractivity contribution is 9.10. The van der Waals surface area contributed by atoms with Gasteiger partial charge in [0.15, 0.2) is 0 Å². The second-order valence-electron chi connectivity index (χ2n) is 5.70. The van der Waals surface area contributed by atoms with Crippen molar-refractivity contribution in [2.45, 2.75) is 0 Å². The maximum absolute atomic E-state index is 12.5. The normalized spacial score (nSPS) is 14.5. The molecule has 1 fully saturated rings. The molecule has 1 aliphatic rings. The summed E-state index contributed by atoms with van der Waals surface area (Å²) >= 11 is 3.40. The lowest BCUT2D eigenvalue weighted by atomic mass is 10.1. The average Bonchev–Trinajstić information content (AvgIpc) is 2.61. The Balaban J connectivity index is 1.63. The summed E-state index contributed by atoms with van der Waals surface area (Å²) in [6.45, 7) is 2.86. The van der Waals surface area contributed by atoms with Gasteiger partial charge in [-0.15, -0.1) is 0 Å². The first-order valence-electron chi connectivity index (χ1n) is 7.74. The zero-order chi connectivity index (χ0) is 17.1. The number of halogens is 1. The lowest BCUT2D eigenvalue weighted by Gasteiger charge is -2.36. The van der Waals surface area contributed by atoms with Gasteiger partial charge in [-0.2, -0.15) is 0 Å². The molecule has 0 radical (unpaired) electrons. The van der Waals surface area contributed by atoms with Crippen LogP contribution in [0.4, 0.5) is 5.69 Å². The molecule has 0 aromatic heterocycles. The molecular formula is C18H18BrN3O2. The second-order valence-corrected chi connectivity index (χ2v) is 6.62. The first kappa shape index (κ1) is 16.5. The molecule has 3 rings (SSSR count). The van der Waals surface area contributed by atoms with Crippen LogP contribution < -0.4 is 10.6 Å². The van der Waals surface area contributed by atoms with E-state index in [1.165, 1.54) is 0 Å². The SMILES string of the molecule is NC(=O)c1ccc(N2CCN(C(=O)c3cccc(Br)c3)CC2)cc1. The first-order chi connectivity index (χ1) is 11.5. The van der Waals surface area contributed by atoms with Crippen molar-refractivity contribution in [1.82, 2.24) is 4.90 Å². The monoisotopic (exact) mass is 387 g/mol. The van der Waals surface area contributed by atoms with E-state index < -0.39 is 5.91 Å². The van der Waals surface area contributed by atoms with Crippen molar-refractivity contribution < 1.29 is 9.59 Å². The molecule has 0 spiro atoms. The van der Waals surface area contributed by atoms with Gasteiger partial charge in [-0.1, -0.05) is 22.0 Å². The topological polar surface area (TPSA) is 66.6 Å². The molecule has 0 bridgehead atoms. The number of nitrogens with zero attached hydrogens (tertiary/aromatic N) is 2. The fraction of sp³-hybridized carbons (Fsp3) is 0.222. The van der Waals surface area contributed by atoms with E-state index in [1.54, 1.807) is 12.1 Å². The lowest BCUT2D eigenvalue weighted by Crippen LogP contribution is -2.48. The zero-order valence-corrected chi connectivity index (χ0v) is 14.7. The Hall–Kier alpha value is -2.34. The predicted molar refractivity (Wildman–Crippen MR) is 97.2 cm³/mol. The summed E-state index contributed by atoms with van der Waals surface area (Å²) < 4.78 is 0.904. The Morgan fingerprint density at radius 2 is 1.58 bits per heavy atom. The van der Waals surface area contributed by atoms with Gasteiger partial charge in [-0.05, 0) is 42.5 Å². The number of rotatable bonds is 3. The van der Waals surface area contributed by atoms with E-state index in [9.17, 15) is 9.59 Å². The van der Waals surface area contributed by atoms with Crippen molar-refractivity contribution >= 4 is 33.4 Å². The summed E-state index contributed by atoms with van der Waals surface area (Å²) in [5, 5.41) is 0. The Labute approximate surface area is 149 Å². The fourth-order valence-electron chi connectivity index (χ4n) is 2.81. The summed E-state index contributed by atoms with van der Waals surface area (Å²) in [5.74, 6) is -0.369. The van der Waals surface area contributed by atoms with Gasteiger partial charge in [-0.3, -0.25) is 9.59 Å². The fourth-order valence-corrected chi connectivity index (χ4v) is 3.21. The van der Waals surface area contributed by atoms with Gasteiger partial charge in [-0.25, -0.2) is 0 Å². The molecule has 0 aliphatic carbocycles. The van der Waals surface area contributed by atoms with Crippen LogP contribution in [0.25, 0.3) is 0 Å². The number of hydrogen-bond acceptors (Lipinski definition) is 3. The highest BCUT2D eigenvalue weighted by Crippen LogP contribution is 2.19. The molecule has 6 heteroatoms. The van der Waals surface area contributed by atoms with E-state index >= 15 is 0 Å². The lowest BCUT2D eigenvalue weighted by molar-refractivity contribution is 0.0746. The van der Waals surface area contributed by atoms with Crippen molar-refractivity contribution in [3.05, 3.63) is 64.1 Å². The number of primary amides is 1. The Kier molecular flexibility index (Phi) is 4.85. The van der Waals surface area contributed by atoms with Gasteiger partial charge in [0.1, 0.15) is 0 Å². The smallest absolute Gasteiger partial charge is 0.254 e. The maximum atomic E-state index is 12.5. The standard InChI is InChI=1S/C18H18BrN3O2/c19-15-3-1-2-14(12-15)18(24)22-10-8-21(9-11-22)16-6-4-13(5-7-16)17(20)23/h1-7,12H,8-11H2,(H2,20,23). The molecule has 2 aromatic rings. The van der Waals surface area contributed by atoms with Crippen LogP contribution in [0.1, 0.15) is 20.7 Å². The van der Waals surface area contributed by atoms with E-state index in [1.807, 2.05) is 41.3 Å². The number of amides is 2. The maximum Gasteiger partial charge on any atom is 0.254 e. The Morgan fingerprint density at radius 3 is 2.17 bits per heavy atom. The average molecular weight is 388 g/mol. The Morgan fingerprint density at radius 1 is 0.917 bits per heavy atom. The Bertz CT molecular complexity index is 753. The van der Waals surface area contributed by atoms with Gasteiger partial charge in [0.2, 0.25) is 5.91 Å². The van der Waals surface area contributed by atoms with Crippen molar-refractivity contribution in [3.63, 3.8) is 0 Å². The largest absolute Gasteiger partial charge is 0.368 e. The third-order valence-electron chi connectivity index (χ3n) is 4.16. The number of hydrogen-bond donors (Lipinski definition) is 1. The van der Waals surface area contributed by atoms with E-state index in [2.05, 4.69) is 20.8 Å². The van der Waals surface area contributed by atoms with Crippen LogP contribution in [-0.2, 0) is 0 Å². The molecule has 2 amide bonds. The quantitative estimate of drug-likeness (QED) is 0.879. The number of anilines is 1. The van der Waals surface area contributed by atoms with Crippen LogP contribution in [0.5, 0.6) is 0 Å². The zero-order valence-electron chi connectivity index (χ0n) is 13.1. The van der Waals surface area contributed by atoms with Gasteiger partial charge in [0, 0.05) is 47.5 Å². The van der Waals surface area contributed by atoms with Crippen LogP contribution in [0.15, 0.2) is 53.0 Å². The number of carbonyl (C=O) groups is 2. The van der Waals surface area contributed by atoms with Gasteiger partial charge in [0.05, 0.1) is 0 Å². The summed E-state index contributed by atoms with van der Waals surface area (Å²) in [6.07, 6.45) is 0. The van der Waals surface area contributed by atoms with E-state index in [-0.39, 0.29) is 5.91 Å². The van der Waals surface area contributed by atoms with Crippen molar-refractivity contribution in [2.24, 2.45) is 5.73 Å². The third kappa shape index (κ3) is 3.59. The number of carbonyl (C=O) groups excluding carboxylic acids is 2. The highest BCUT2D eigenvalue weighted by atomic mass is 79.9. The second kappa shape index (κ2) is 7.05. The number of nitrogens with two attached hydrogens (primary N) is 1. The molecule has 5 nitrogen and oxygen atoms in total. The third-order valence-corrected chi connectivity index (χ3v) is 4.65. The van der Waals surface area contributed by atoms with Crippen LogP contribution >= 0.6 is 15.9 Å². The molecule has 124 valence electrons. The van der Waals surface area contributed by atoms with Crippen molar-refractivity contribution in [3.8, 4) is 0 Å². The van der Waals surface area contributed by atoms with Gasteiger partial charge in [0.25, 0.3) is 5.91 Å². The van der Waals surface area contributed by atoms with Crippen molar-refractivity contribution in [2.75, 3.05) is 31.1 Å². The van der Waals surface area contributed by atoms with Crippen LogP contribution in [0.3, 0.4) is 0 Å². The van der Waals surface area contributed by atoms with Crippen LogP contribution in [-0.4, -0.2) is 42.9 Å². The molecule has 2 N–H and O–H groups in total. The van der Waals surface area contributed by atoms with Crippen molar-refractivity contribution in [1.29, 1.82) is 0 Å². The van der Waals surface area contributed by atoms with E-state index in [0.717, 1.165) is 23.2 Å². The molecular weight excluding hydrogens is 370 g/mol. The summed E-state index contributed by atoms with van der Waals surface area (Å²) in [4.78, 5) is 27.8. The summed E-state index contributed by atoms with van der Waals surface area (Å²) in [5.41, 5.74) is 7.50. The van der Waals surface area contributed by atoms with Crippen LogP contribution in [0.2, 0.25) is 0 Å². The molecule has 1 heterocycles. The minimum atomic E-state index is -0.425. The van der Waals surface area contributed by atoms with E-state index in [4.69, 9.17) is 5.73 Å². The number of piperazine rings is 1. The van der Waals surface area contributed by atoms with Gasteiger partial charge < -0.3 is 15.5 Å². The molecule has 0 atom stereocenters.